The van der Waals surface area contributed by atoms with Gasteiger partial charge in [0.2, 0.25) is 0 Å². The summed E-state index contributed by atoms with van der Waals surface area (Å²) >= 11 is 0. The highest BCUT2D eigenvalue weighted by molar-refractivity contribution is 5.15. The first-order valence-electron chi connectivity index (χ1n) is 6.44. The van der Waals surface area contributed by atoms with Crippen LogP contribution in [0.4, 0.5) is 0 Å². The lowest BCUT2D eigenvalue weighted by atomic mass is 9.75. The Balaban J connectivity index is 1.97. The van der Waals surface area contributed by atoms with Crippen molar-refractivity contribution < 1.29 is 0 Å². The van der Waals surface area contributed by atoms with Crippen molar-refractivity contribution in [2.45, 2.75) is 45.4 Å². The molecule has 15 heavy (non-hydrogen) atoms. The molecule has 0 aromatic heterocycles. The van der Waals surface area contributed by atoms with Crippen molar-refractivity contribution >= 4 is 0 Å². The Labute approximate surface area is 93.7 Å². The lowest BCUT2D eigenvalue weighted by molar-refractivity contribution is 0.229. The molecule has 0 heterocycles. The van der Waals surface area contributed by atoms with Crippen LogP contribution in [0.15, 0.2) is 30.3 Å². The lowest BCUT2D eigenvalue weighted by Crippen LogP contribution is -2.20. The molecule has 1 fully saturated rings. The Kier molecular flexibility index (Phi) is 3.82. The Morgan fingerprint density at radius 3 is 2.33 bits per heavy atom. The van der Waals surface area contributed by atoms with Crippen LogP contribution in [0.1, 0.15) is 44.6 Å². The predicted molar refractivity (Wildman–Crippen MR) is 65.9 cm³/mol. The zero-order valence-electron chi connectivity index (χ0n) is 9.78. The molecule has 0 N–H and O–H groups in total. The second-order valence-corrected chi connectivity index (χ2v) is 4.90. The second-order valence-electron chi connectivity index (χ2n) is 4.90. The fourth-order valence-corrected chi connectivity index (χ4v) is 3.01. The van der Waals surface area contributed by atoms with Crippen LogP contribution in [0, 0.1) is 11.8 Å². The Hall–Kier alpha value is -0.780. The van der Waals surface area contributed by atoms with E-state index >= 15 is 0 Å². The molecule has 0 heteroatoms. The van der Waals surface area contributed by atoms with Crippen molar-refractivity contribution in [3.05, 3.63) is 35.9 Å². The maximum Gasteiger partial charge on any atom is -0.0248 e. The molecule has 82 valence electrons. The number of benzene rings is 1. The molecule has 0 spiro atoms. The monoisotopic (exact) mass is 202 g/mol. The quantitative estimate of drug-likeness (QED) is 0.679. The van der Waals surface area contributed by atoms with Crippen molar-refractivity contribution in [3.63, 3.8) is 0 Å². The minimum absolute atomic E-state index is 0.950. The Morgan fingerprint density at radius 1 is 1.00 bits per heavy atom. The van der Waals surface area contributed by atoms with Gasteiger partial charge in [0.1, 0.15) is 0 Å². The summed E-state index contributed by atoms with van der Waals surface area (Å²) in [7, 11) is 0. The molecule has 1 aliphatic rings. The van der Waals surface area contributed by atoms with Gasteiger partial charge < -0.3 is 0 Å². The number of hydrogen-bond acceptors (Lipinski definition) is 0. The number of rotatable bonds is 3. The molecule has 0 aliphatic heterocycles. The van der Waals surface area contributed by atoms with E-state index in [1.807, 2.05) is 0 Å². The van der Waals surface area contributed by atoms with Crippen LogP contribution in [0.25, 0.3) is 0 Å². The molecule has 2 rings (SSSR count). The van der Waals surface area contributed by atoms with Crippen molar-refractivity contribution in [1.82, 2.24) is 0 Å². The molecule has 0 radical (unpaired) electrons. The minimum atomic E-state index is 0.950. The fraction of sp³-hybridized carbons (Fsp3) is 0.600. The van der Waals surface area contributed by atoms with Crippen LogP contribution in [0.2, 0.25) is 0 Å². The summed E-state index contributed by atoms with van der Waals surface area (Å²) in [5.74, 6) is 1.94. The molecule has 1 aromatic carbocycles. The van der Waals surface area contributed by atoms with Crippen LogP contribution >= 0.6 is 0 Å². The third-order valence-corrected chi connectivity index (χ3v) is 3.93. The summed E-state index contributed by atoms with van der Waals surface area (Å²) in [6.45, 7) is 2.36. The summed E-state index contributed by atoms with van der Waals surface area (Å²) in [6, 6.07) is 11.0. The summed E-state index contributed by atoms with van der Waals surface area (Å²) < 4.78 is 0. The van der Waals surface area contributed by atoms with Crippen LogP contribution in [-0.4, -0.2) is 0 Å². The van der Waals surface area contributed by atoms with Crippen LogP contribution < -0.4 is 0 Å². The van der Waals surface area contributed by atoms with Crippen molar-refractivity contribution in [1.29, 1.82) is 0 Å². The Morgan fingerprint density at radius 2 is 1.67 bits per heavy atom. The van der Waals surface area contributed by atoms with Gasteiger partial charge in [-0.1, -0.05) is 62.9 Å². The molecule has 2 atom stereocenters. The van der Waals surface area contributed by atoms with Gasteiger partial charge in [0.25, 0.3) is 0 Å². The minimum Gasteiger partial charge on any atom is -0.0651 e. The first-order chi connectivity index (χ1) is 7.40. The van der Waals surface area contributed by atoms with Gasteiger partial charge in [0.15, 0.2) is 0 Å². The smallest absolute Gasteiger partial charge is 0.0248 e. The normalized spacial score (nSPS) is 26.5. The Bertz CT molecular complexity index is 275. The standard InChI is InChI=1S/C15H22/c1-2-14-10-6-7-11-15(14)12-13-8-4-3-5-9-13/h3-5,8-9,14-15H,2,6-7,10-12H2,1H3/t14-,15+/m1/s1. The van der Waals surface area contributed by atoms with E-state index < -0.39 is 0 Å². The van der Waals surface area contributed by atoms with Gasteiger partial charge in [0.05, 0.1) is 0 Å². The van der Waals surface area contributed by atoms with E-state index in [2.05, 4.69) is 37.3 Å². The topological polar surface area (TPSA) is 0 Å². The molecule has 0 amide bonds. The first-order valence-corrected chi connectivity index (χ1v) is 6.44. The average Bonchev–Trinajstić information content (AvgIpc) is 2.31. The largest absolute Gasteiger partial charge is 0.0651 e. The van der Waals surface area contributed by atoms with Crippen LogP contribution in [-0.2, 0) is 6.42 Å². The van der Waals surface area contributed by atoms with Crippen LogP contribution in [0.5, 0.6) is 0 Å². The second kappa shape index (κ2) is 5.34. The maximum atomic E-state index is 2.36. The summed E-state index contributed by atoms with van der Waals surface area (Å²) in [5, 5.41) is 0. The number of hydrogen-bond donors (Lipinski definition) is 0. The highest BCUT2D eigenvalue weighted by Gasteiger charge is 2.23. The molecule has 1 saturated carbocycles. The van der Waals surface area contributed by atoms with Gasteiger partial charge in [-0.2, -0.15) is 0 Å². The van der Waals surface area contributed by atoms with Crippen molar-refractivity contribution in [2.75, 3.05) is 0 Å². The average molecular weight is 202 g/mol. The van der Waals surface area contributed by atoms with Crippen molar-refractivity contribution in [2.24, 2.45) is 11.8 Å². The highest BCUT2D eigenvalue weighted by atomic mass is 14.3. The first kappa shape index (κ1) is 10.7. The zero-order valence-corrected chi connectivity index (χ0v) is 9.78. The summed E-state index contributed by atoms with van der Waals surface area (Å²) in [4.78, 5) is 0. The molecular weight excluding hydrogens is 180 g/mol. The maximum absolute atomic E-state index is 2.36. The highest BCUT2D eigenvalue weighted by Crippen LogP contribution is 2.34. The van der Waals surface area contributed by atoms with E-state index in [1.165, 1.54) is 44.1 Å². The van der Waals surface area contributed by atoms with Gasteiger partial charge in [-0.05, 0) is 30.2 Å². The molecule has 0 nitrogen and oxygen atoms in total. The zero-order chi connectivity index (χ0) is 10.5. The summed E-state index contributed by atoms with van der Waals surface area (Å²) in [5.41, 5.74) is 1.53. The van der Waals surface area contributed by atoms with Crippen LogP contribution in [0.3, 0.4) is 0 Å². The van der Waals surface area contributed by atoms with Gasteiger partial charge in [-0.3, -0.25) is 0 Å². The SMILES string of the molecule is CC[C@@H]1CCCC[C@H]1Cc1ccccc1. The van der Waals surface area contributed by atoms with Gasteiger partial charge in [0, 0.05) is 0 Å². The van der Waals surface area contributed by atoms with E-state index in [1.54, 1.807) is 0 Å². The molecule has 1 aliphatic carbocycles. The van der Waals surface area contributed by atoms with Gasteiger partial charge >= 0.3 is 0 Å². The van der Waals surface area contributed by atoms with E-state index in [0.717, 1.165) is 11.8 Å². The molecule has 0 unspecified atom stereocenters. The molecule has 0 bridgehead atoms. The van der Waals surface area contributed by atoms with Gasteiger partial charge in [-0.15, -0.1) is 0 Å². The van der Waals surface area contributed by atoms with E-state index in [0.29, 0.717) is 0 Å². The fourth-order valence-electron chi connectivity index (χ4n) is 3.01. The third-order valence-electron chi connectivity index (χ3n) is 3.93. The van der Waals surface area contributed by atoms with E-state index in [-0.39, 0.29) is 0 Å². The summed E-state index contributed by atoms with van der Waals surface area (Å²) in [6.07, 6.45) is 8.51. The molecule has 1 aromatic rings. The molecule has 0 saturated heterocycles. The lowest BCUT2D eigenvalue weighted by Gasteiger charge is -2.30. The predicted octanol–water partition coefficient (Wildman–Crippen LogP) is 4.45. The molecular formula is C15H22. The third kappa shape index (κ3) is 2.84. The van der Waals surface area contributed by atoms with Gasteiger partial charge in [-0.25, -0.2) is 0 Å². The van der Waals surface area contributed by atoms with E-state index in [4.69, 9.17) is 0 Å². The van der Waals surface area contributed by atoms with E-state index in [9.17, 15) is 0 Å². The van der Waals surface area contributed by atoms with Crippen molar-refractivity contribution in [3.8, 4) is 0 Å².